The molecule has 1 N–H and O–H groups in total. The second kappa shape index (κ2) is 5.10. The highest BCUT2D eigenvalue weighted by molar-refractivity contribution is 7.93. The van der Waals surface area contributed by atoms with Gasteiger partial charge >= 0.3 is 0 Å². The van der Waals surface area contributed by atoms with E-state index in [0.29, 0.717) is 0 Å². The first-order valence-electron chi connectivity index (χ1n) is 5.44. The van der Waals surface area contributed by atoms with Gasteiger partial charge in [0.2, 0.25) is 0 Å². The fourth-order valence-electron chi connectivity index (χ4n) is 1.37. The van der Waals surface area contributed by atoms with Crippen LogP contribution in [0, 0.1) is 6.92 Å². The smallest absolute Gasteiger partial charge is 0.263 e. The van der Waals surface area contributed by atoms with Crippen LogP contribution in [-0.2, 0) is 10.0 Å². The Morgan fingerprint density at radius 2 is 1.89 bits per heavy atom. The molecule has 7 heteroatoms. The minimum Gasteiger partial charge on any atom is -0.293 e. The maximum absolute atomic E-state index is 12.1. The van der Waals surface area contributed by atoms with Crippen molar-refractivity contribution in [3.05, 3.63) is 40.9 Å². The second-order valence-corrected chi connectivity index (χ2v) is 6.55. The number of carbonyl (C=O) groups is 1. The molecule has 1 aromatic heterocycles. The molecule has 0 bridgehead atoms. The summed E-state index contributed by atoms with van der Waals surface area (Å²) < 4.78 is 26.5. The molecule has 0 aliphatic rings. The Hall–Kier alpha value is -1.73. The first-order chi connectivity index (χ1) is 8.88. The molecular weight excluding hydrogens is 284 g/mol. The van der Waals surface area contributed by atoms with E-state index in [1.165, 1.54) is 24.4 Å². The number of aromatic nitrogens is 1. The van der Waals surface area contributed by atoms with Crippen molar-refractivity contribution < 1.29 is 13.2 Å². The minimum atomic E-state index is -3.66. The van der Waals surface area contributed by atoms with Gasteiger partial charge < -0.3 is 0 Å². The highest BCUT2D eigenvalue weighted by atomic mass is 32.2. The van der Waals surface area contributed by atoms with E-state index < -0.39 is 10.0 Å². The molecular formula is C12H12N2O3S2. The summed E-state index contributed by atoms with van der Waals surface area (Å²) in [5.41, 5.74) is 1.23. The normalized spacial score (nSPS) is 11.3. The highest BCUT2D eigenvalue weighted by Crippen LogP contribution is 2.20. The van der Waals surface area contributed by atoms with Crippen molar-refractivity contribution in [2.45, 2.75) is 18.7 Å². The highest BCUT2D eigenvalue weighted by Gasteiger charge is 2.16. The molecule has 19 heavy (non-hydrogen) atoms. The molecule has 2 rings (SSSR count). The Morgan fingerprint density at radius 3 is 2.42 bits per heavy atom. The predicted octanol–water partition coefficient (Wildman–Crippen LogP) is 2.45. The van der Waals surface area contributed by atoms with Gasteiger partial charge in [-0.1, -0.05) is 17.7 Å². The molecule has 5 nitrogen and oxygen atoms in total. The number of nitrogens with zero attached hydrogens (tertiary/aromatic N) is 1. The Labute approximate surface area is 115 Å². The Bertz CT molecular complexity index is 703. The lowest BCUT2D eigenvalue weighted by molar-refractivity contribution is 0.101. The monoisotopic (exact) mass is 296 g/mol. The zero-order valence-corrected chi connectivity index (χ0v) is 12.0. The van der Waals surface area contributed by atoms with Gasteiger partial charge in [-0.3, -0.25) is 9.52 Å². The van der Waals surface area contributed by atoms with Crippen LogP contribution in [0.15, 0.2) is 34.5 Å². The van der Waals surface area contributed by atoms with Crippen LogP contribution in [0.4, 0.5) is 5.13 Å². The molecule has 1 heterocycles. The molecule has 0 fully saturated rings. The van der Waals surface area contributed by atoms with Gasteiger partial charge in [0.15, 0.2) is 10.9 Å². The number of rotatable bonds is 4. The number of sulfonamides is 1. The number of benzene rings is 1. The molecule has 0 saturated heterocycles. The van der Waals surface area contributed by atoms with Gasteiger partial charge in [0, 0.05) is 12.3 Å². The SMILES string of the molecule is CC(=O)c1csc(NS(=O)(=O)c2ccc(C)cc2)n1. The summed E-state index contributed by atoms with van der Waals surface area (Å²) in [6.07, 6.45) is 0. The molecule has 100 valence electrons. The van der Waals surface area contributed by atoms with Crippen molar-refractivity contribution in [1.29, 1.82) is 0 Å². The molecule has 0 aliphatic carbocycles. The maximum Gasteiger partial charge on any atom is 0.263 e. The zero-order valence-electron chi connectivity index (χ0n) is 10.4. The summed E-state index contributed by atoms with van der Waals surface area (Å²) in [7, 11) is -3.66. The summed E-state index contributed by atoms with van der Waals surface area (Å²) in [6, 6.07) is 6.49. The van der Waals surface area contributed by atoms with Crippen LogP contribution in [-0.4, -0.2) is 19.2 Å². The van der Waals surface area contributed by atoms with Gasteiger partial charge in [0.05, 0.1) is 4.90 Å². The average molecular weight is 296 g/mol. The third kappa shape index (κ3) is 3.18. The summed E-state index contributed by atoms with van der Waals surface area (Å²) in [5, 5.41) is 1.71. The lowest BCUT2D eigenvalue weighted by atomic mass is 10.2. The van der Waals surface area contributed by atoms with Crippen LogP contribution in [0.25, 0.3) is 0 Å². The fraction of sp³-hybridized carbons (Fsp3) is 0.167. The van der Waals surface area contributed by atoms with E-state index >= 15 is 0 Å². The van der Waals surface area contributed by atoms with Crippen LogP contribution < -0.4 is 4.72 Å². The van der Waals surface area contributed by atoms with E-state index in [1.54, 1.807) is 12.1 Å². The van der Waals surface area contributed by atoms with Crippen LogP contribution in [0.2, 0.25) is 0 Å². The van der Waals surface area contributed by atoms with E-state index in [-0.39, 0.29) is 21.5 Å². The van der Waals surface area contributed by atoms with Gasteiger partial charge in [0.1, 0.15) is 5.69 Å². The van der Waals surface area contributed by atoms with Crippen LogP contribution in [0.5, 0.6) is 0 Å². The summed E-state index contributed by atoms with van der Waals surface area (Å²) >= 11 is 1.08. The zero-order chi connectivity index (χ0) is 14.0. The lowest BCUT2D eigenvalue weighted by Crippen LogP contribution is -2.12. The van der Waals surface area contributed by atoms with Crippen molar-refractivity contribution in [3.8, 4) is 0 Å². The van der Waals surface area contributed by atoms with Crippen molar-refractivity contribution >= 4 is 32.3 Å². The van der Waals surface area contributed by atoms with Crippen molar-refractivity contribution in [3.63, 3.8) is 0 Å². The molecule has 1 aromatic carbocycles. The molecule has 0 spiro atoms. The van der Waals surface area contributed by atoms with Crippen molar-refractivity contribution in [1.82, 2.24) is 4.98 Å². The first kappa shape index (κ1) is 13.7. The van der Waals surface area contributed by atoms with Crippen molar-refractivity contribution in [2.24, 2.45) is 0 Å². The van der Waals surface area contributed by atoms with Gasteiger partial charge in [-0.2, -0.15) is 0 Å². The maximum atomic E-state index is 12.1. The number of hydrogen-bond acceptors (Lipinski definition) is 5. The number of hydrogen-bond donors (Lipinski definition) is 1. The Kier molecular flexibility index (Phi) is 3.68. The third-order valence-electron chi connectivity index (χ3n) is 2.42. The number of anilines is 1. The first-order valence-corrected chi connectivity index (χ1v) is 7.81. The topological polar surface area (TPSA) is 76.1 Å². The molecule has 2 aromatic rings. The third-order valence-corrected chi connectivity index (χ3v) is 4.66. The number of nitrogens with one attached hydrogen (secondary N) is 1. The van der Waals surface area contributed by atoms with Crippen LogP contribution in [0.3, 0.4) is 0 Å². The molecule has 0 amide bonds. The van der Waals surface area contributed by atoms with E-state index in [9.17, 15) is 13.2 Å². The number of carbonyl (C=O) groups excluding carboxylic acids is 1. The average Bonchev–Trinajstić information content (AvgIpc) is 2.77. The number of aryl methyl sites for hydroxylation is 1. The summed E-state index contributed by atoms with van der Waals surface area (Å²) in [4.78, 5) is 15.2. The number of Topliss-reactive ketones (excluding diaryl/α,β-unsaturated/α-hetero) is 1. The van der Waals surface area contributed by atoms with E-state index in [0.717, 1.165) is 16.9 Å². The largest absolute Gasteiger partial charge is 0.293 e. The quantitative estimate of drug-likeness (QED) is 0.879. The molecule has 0 unspecified atom stereocenters. The summed E-state index contributed by atoms with van der Waals surface area (Å²) in [6.45, 7) is 3.26. The standard InChI is InChI=1S/C12H12N2O3S2/c1-8-3-5-10(6-4-8)19(16,17)14-12-13-11(7-18-12)9(2)15/h3-7H,1-2H3,(H,13,14). The van der Waals surface area contributed by atoms with Gasteiger partial charge in [-0.15, -0.1) is 11.3 Å². The van der Waals surface area contributed by atoms with Crippen molar-refractivity contribution in [2.75, 3.05) is 4.72 Å². The van der Waals surface area contributed by atoms with Gasteiger partial charge in [-0.05, 0) is 19.1 Å². The molecule has 0 aliphatic heterocycles. The van der Waals surface area contributed by atoms with E-state index in [2.05, 4.69) is 9.71 Å². The van der Waals surface area contributed by atoms with E-state index in [1.807, 2.05) is 6.92 Å². The molecule has 0 radical (unpaired) electrons. The lowest BCUT2D eigenvalue weighted by Gasteiger charge is -2.05. The van der Waals surface area contributed by atoms with Crippen LogP contribution >= 0.6 is 11.3 Å². The predicted molar refractivity (Wildman–Crippen MR) is 74.1 cm³/mol. The van der Waals surface area contributed by atoms with Crippen LogP contribution in [0.1, 0.15) is 23.0 Å². The minimum absolute atomic E-state index is 0.165. The number of thiazole rings is 1. The fourth-order valence-corrected chi connectivity index (χ4v) is 3.38. The Morgan fingerprint density at radius 1 is 1.26 bits per heavy atom. The number of ketones is 1. The molecule has 0 saturated carbocycles. The van der Waals surface area contributed by atoms with E-state index in [4.69, 9.17) is 0 Å². The Balaban J connectivity index is 2.25. The second-order valence-electron chi connectivity index (χ2n) is 4.01. The molecule has 0 atom stereocenters. The van der Waals surface area contributed by atoms with Gasteiger partial charge in [-0.25, -0.2) is 13.4 Å². The van der Waals surface area contributed by atoms with Gasteiger partial charge in [0.25, 0.3) is 10.0 Å². The summed E-state index contributed by atoms with van der Waals surface area (Å²) in [5.74, 6) is -0.197.